The van der Waals surface area contributed by atoms with E-state index in [1.165, 1.54) is 11.1 Å². The Kier molecular flexibility index (Phi) is 14.1. The van der Waals surface area contributed by atoms with Crippen LogP contribution in [0.5, 0.6) is 5.75 Å². The molecule has 0 saturated carbocycles. The van der Waals surface area contributed by atoms with E-state index < -0.39 is 5.97 Å². The first-order valence-corrected chi connectivity index (χ1v) is 15.4. The smallest absolute Gasteiger partial charge is 0.303 e. The molecule has 6 heteroatoms. The molecule has 0 fully saturated rings. The number of benzene rings is 3. The summed E-state index contributed by atoms with van der Waals surface area (Å²) in [6.07, 6.45) is 4.18. The van der Waals surface area contributed by atoms with Crippen molar-refractivity contribution in [2.45, 2.75) is 91.9 Å². The molecule has 0 bridgehead atoms. The Labute approximate surface area is 258 Å². The monoisotopic (exact) mass is 586 g/mol. The average Bonchev–Trinajstić information content (AvgIpc) is 3.00. The molecule has 43 heavy (non-hydrogen) atoms. The Morgan fingerprint density at radius 3 is 2.09 bits per heavy atom. The largest absolute Gasteiger partial charge is 0.496 e. The van der Waals surface area contributed by atoms with Crippen molar-refractivity contribution in [2.75, 3.05) is 13.7 Å². The summed E-state index contributed by atoms with van der Waals surface area (Å²) in [4.78, 5) is 24.4. The van der Waals surface area contributed by atoms with E-state index in [-0.39, 0.29) is 17.7 Å². The summed E-state index contributed by atoms with van der Waals surface area (Å²) in [5.74, 6) is 0.237. The van der Waals surface area contributed by atoms with Gasteiger partial charge in [0.15, 0.2) is 0 Å². The van der Waals surface area contributed by atoms with Gasteiger partial charge in [-0.1, -0.05) is 89.2 Å². The number of nitrogens with zero attached hydrogens (tertiary/aromatic N) is 1. The maximum atomic E-state index is 11.9. The van der Waals surface area contributed by atoms with Gasteiger partial charge >= 0.3 is 5.97 Å². The molecule has 3 rings (SSSR count). The van der Waals surface area contributed by atoms with E-state index >= 15 is 0 Å². The fraction of sp³-hybridized carbons (Fsp3) is 0.432. The number of carboxylic acid groups (broad SMARTS) is 1. The van der Waals surface area contributed by atoms with Gasteiger partial charge in [0.1, 0.15) is 11.6 Å². The van der Waals surface area contributed by atoms with Gasteiger partial charge in [-0.15, -0.1) is 0 Å². The van der Waals surface area contributed by atoms with Crippen molar-refractivity contribution in [2.24, 2.45) is 0 Å². The van der Waals surface area contributed by atoms with Crippen LogP contribution >= 0.6 is 0 Å². The van der Waals surface area contributed by atoms with Gasteiger partial charge in [0.2, 0.25) is 5.91 Å². The third kappa shape index (κ3) is 11.3. The summed E-state index contributed by atoms with van der Waals surface area (Å²) >= 11 is 0. The van der Waals surface area contributed by atoms with Crippen LogP contribution < -0.4 is 4.74 Å². The molecule has 0 saturated heterocycles. The van der Waals surface area contributed by atoms with Crippen LogP contribution in [0.4, 0.5) is 0 Å². The van der Waals surface area contributed by atoms with Crippen LogP contribution in [0.2, 0.25) is 0 Å². The van der Waals surface area contributed by atoms with Crippen LogP contribution in [0.3, 0.4) is 0 Å². The fourth-order valence-corrected chi connectivity index (χ4v) is 4.85. The number of aryl methyl sites for hydroxylation is 3. The van der Waals surface area contributed by atoms with E-state index in [1.807, 2.05) is 44.2 Å². The van der Waals surface area contributed by atoms with Crippen molar-refractivity contribution in [3.8, 4) is 16.9 Å². The minimum Gasteiger partial charge on any atom is -0.496 e. The molecule has 0 radical (unpaired) electrons. The Hall–Kier alpha value is -3.93. The Balaban J connectivity index is 0.000000448. The summed E-state index contributed by atoms with van der Waals surface area (Å²) in [6, 6.07) is 23.0. The molecule has 232 valence electrons. The van der Waals surface area contributed by atoms with Crippen molar-refractivity contribution >= 4 is 17.7 Å². The summed E-state index contributed by atoms with van der Waals surface area (Å²) < 4.78 is 5.38. The number of hydrogen-bond donors (Lipinski definition) is 2. The zero-order valence-electron chi connectivity index (χ0n) is 27.1. The Morgan fingerprint density at radius 2 is 1.53 bits per heavy atom. The first kappa shape index (κ1) is 35.3. The second-order valence-corrected chi connectivity index (χ2v) is 11.7. The standard InChI is InChI=1S/C25H32N2O4.C12H18/c1-4-24(28)27(5-2)23(26)11-7-9-18-8-6-10-19(16-18)20-12-14-22(31-3)21(17-20)13-15-25(29)30;1-5-10-6-8-11(9-7-10)12(2,3)4/h6,8,10,12,14,16-17,26H,4-5,7,9,11,13,15H2,1-3H3,(H,29,30);6-9H,5H2,1-4H3. The number of carboxylic acids is 1. The van der Waals surface area contributed by atoms with Crippen LogP contribution in [0.1, 0.15) is 89.5 Å². The Morgan fingerprint density at radius 1 is 0.860 bits per heavy atom. The second-order valence-electron chi connectivity index (χ2n) is 11.7. The lowest BCUT2D eigenvalue weighted by atomic mass is 9.86. The number of methoxy groups -OCH3 is 1. The number of nitrogens with one attached hydrogen (secondary N) is 1. The number of rotatable bonds is 12. The zero-order valence-corrected chi connectivity index (χ0v) is 27.1. The van der Waals surface area contributed by atoms with Gasteiger partial charge in [0, 0.05) is 25.8 Å². The van der Waals surface area contributed by atoms with Crippen LogP contribution in [0, 0.1) is 5.41 Å². The molecule has 3 aromatic rings. The molecular weight excluding hydrogens is 536 g/mol. The van der Waals surface area contributed by atoms with Gasteiger partial charge < -0.3 is 14.7 Å². The van der Waals surface area contributed by atoms with E-state index in [4.69, 9.17) is 15.3 Å². The molecule has 0 aliphatic rings. The number of amides is 1. The first-order chi connectivity index (χ1) is 20.4. The second kappa shape index (κ2) is 17.3. The van der Waals surface area contributed by atoms with E-state index in [9.17, 15) is 9.59 Å². The topological polar surface area (TPSA) is 90.7 Å². The van der Waals surface area contributed by atoms with Crippen LogP contribution in [-0.2, 0) is 34.3 Å². The van der Waals surface area contributed by atoms with Crippen LogP contribution in [0.25, 0.3) is 11.1 Å². The normalized spacial score (nSPS) is 10.9. The van der Waals surface area contributed by atoms with Crippen LogP contribution in [-0.4, -0.2) is 41.4 Å². The summed E-state index contributed by atoms with van der Waals surface area (Å²) in [5.41, 5.74) is 7.23. The lowest BCUT2D eigenvalue weighted by molar-refractivity contribution is -0.137. The highest BCUT2D eigenvalue weighted by Crippen LogP contribution is 2.28. The number of ether oxygens (including phenoxy) is 1. The minimum atomic E-state index is -0.831. The number of carbonyl (C=O) groups excluding carboxylic acids is 1. The molecular formula is C37H50N2O4. The fourth-order valence-electron chi connectivity index (χ4n) is 4.85. The summed E-state index contributed by atoms with van der Waals surface area (Å²) in [7, 11) is 1.59. The molecule has 0 unspecified atom stereocenters. The Bertz CT molecular complexity index is 1340. The highest BCUT2D eigenvalue weighted by atomic mass is 16.5. The van der Waals surface area contributed by atoms with Crippen molar-refractivity contribution in [3.63, 3.8) is 0 Å². The molecule has 6 nitrogen and oxygen atoms in total. The summed E-state index contributed by atoms with van der Waals surface area (Å²) in [6.45, 7) is 13.2. The van der Waals surface area contributed by atoms with Gasteiger partial charge in [-0.2, -0.15) is 0 Å². The molecule has 0 aliphatic carbocycles. The van der Waals surface area contributed by atoms with E-state index in [1.54, 1.807) is 12.0 Å². The van der Waals surface area contributed by atoms with Crippen LogP contribution in [0.15, 0.2) is 66.7 Å². The highest BCUT2D eigenvalue weighted by molar-refractivity contribution is 5.96. The zero-order chi connectivity index (χ0) is 32.0. The third-order valence-corrected chi connectivity index (χ3v) is 7.50. The lowest BCUT2D eigenvalue weighted by Crippen LogP contribution is -2.35. The third-order valence-electron chi connectivity index (χ3n) is 7.50. The van der Waals surface area contributed by atoms with Gasteiger partial charge in [-0.05, 0) is 83.5 Å². The van der Waals surface area contributed by atoms with Gasteiger partial charge in [0.05, 0.1) is 7.11 Å². The minimum absolute atomic E-state index is 0.00675. The average molecular weight is 587 g/mol. The van der Waals surface area contributed by atoms with E-state index in [0.29, 0.717) is 37.4 Å². The molecule has 1 amide bonds. The van der Waals surface area contributed by atoms with Gasteiger partial charge in [-0.25, -0.2) is 0 Å². The summed E-state index contributed by atoms with van der Waals surface area (Å²) in [5, 5.41) is 17.2. The number of aliphatic carboxylic acids is 1. The van der Waals surface area contributed by atoms with Gasteiger partial charge in [-0.3, -0.25) is 15.0 Å². The predicted octanol–water partition coefficient (Wildman–Crippen LogP) is 8.48. The number of amidine groups is 1. The van der Waals surface area contributed by atoms with Gasteiger partial charge in [0.25, 0.3) is 0 Å². The molecule has 0 heterocycles. The number of carbonyl (C=O) groups is 2. The van der Waals surface area contributed by atoms with Crippen molar-refractivity contribution in [1.82, 2.24) is 4.90 Å². The molecule has 2 N–H and O–H groups in total. The maximum Gasteiger partial charge on any atom is 0.303 e. The SMILES string of the molecule is CCC(=O)N(CC)C(=N)CCCc1cccc(-c2ccc(OC)c(CCC(=O)O)c2)c1.CCc1ccc(C(C)(C)C)cc1. The van der Waals surface area contributed by atoms with E-state index in [0.717, 1.165) is 41.5 Å². The predicted molar refractivity (Wildman–Crippen MR) is 177 cm³/mol. The molecule has 3 aromatic carbocycles. The highest BCUT2D eigenvalue weighted by Gasteiger charge is 2.15. The van der Waals surface area contributed by atoms with Crippen molar-refractivity contribution < 1.29 is 19.4 Å². The van der Waals surface area contributed by atoms with Crippen molar-refractivity contribution in [1.29, 1.82) is 5.41 Å². The van der Waals surface area contributed by atoms with E-state index in [2.05, 4.69) is 64.1 Å². The number of hydrogen-bond acceptors (Lipinski definition) is 4. The molecule has 0 aromatic heterocycles. The molecule has 0 aliphatic heterocycles. The van der Waals surface area contributed by atoms with Crippen molar-refractivity contribution in [3.05, 3.63) is 89.0 Å². The molecule has 0 atom stereocenters. The first-order valence-electron chi connectivity index (χ1n) is 15.4. The maximum absolute atomic E-state index is 11.9. The quantitative estimate of drug-likeness (QED) is 0.164. The lowest BCUT2D eigenvalue weighted by Gasteiger charge is -2.21. The molecule has 0 spiro atoms.